The maximum atomic E-state index is 11.6. The first-order chi connectivity index (χ1) is 7.50. The molecule has 1 aromatic rings. The largest absolute Gasteiger partial charge is 0.363 e. The maximum Gasteiger partial charge on any atom is 0.363 e. The van der Waals surface area contributed by atoms with E-state index in [0.29, 0.717) is 10.7 Å². The topological polar surface area (TPSA) is 49.9 Å². The molecular formula is C8H6Cl2N2O3S. The zero-order chi connectivity index (χ0) is 11.9. The third-order valence-corrected chi connectivity index (χ3v) is 3.66. The quantitative estimate of drug-likeness (QED) is 0.794. The summed E-state index contributed by atoms with van der Waals surface area (Å²) < 4.78 is 17.2. The van der Waals surface area contributed by atoms with Crippen LogP contribution in [-0.4, -0.2) is 22.4 Å². The van der Waals surface area contributed by atoms with Gasteiger partial charge in [0.1, 0.15) is 0 Å². The molecule has 1 unspecified atom stereocenters. The zero-order valence-electron chi connectivity index (χ0n) is 8.02. The molecule has 2 rings (SSSR count). The Morgan fingerprint density at radius 2 is 2.00 bits per heavy atom. The van der Waals surface area contributed by atoms with E-state index in [1.54, 1.807) is 0 Å². The van der Waals surface area contributed by atoms with Gasteiger partial charge >= 0.3 is 6.03 Å². The van der Waals surface area contributed by atoms with E-state index in [9.17, 15) is 9.00 Å². The monoisotopic (exact) mass is 280 g/mol. The minimum atomic E-state index is -1.88. The van der Waals surface area contributed by atoms with E-state index in [1.165, 1.54) is 25.2 Å². The average molecular weight is 281 g/mol. The van der Waals surface area contributed by atoms with Gasteiger partial charge in [-0.3, -0.25) is 0 Å². The predicted octanol–water partition coefficient (Wildman–Crippen LogP) is 2.38. The second-order valence-corrected chi connectivity index (χ2v) is 4.73. The van der Waals surface area contributed by atoms with Crippen LogP contribution in [0.15, 0.2) is 18.2 Å². The Morgan fingerprint density at radius 3 is 2.50 bits per heavy atom. The normalized spacial score (nSPS) is 20.7. The molecule has 0 N–H and O–H groups in total. The van der Waals surface area contributed by atoms with Crippen LogP contribution in [0, 0.1) is 0 Å². The summed E-state index contributed by atoms with van der Waals surface area (Å²) in [4.78, 5) is 11.6. The third-order valence-electron chi connectivity index (χ3n) is 1.91. The van der Waals surface area contributed by atoms with E-state index >= 15 is 0 Å². The molecule has 1 heterocycles. The van der Waals surface area contributed by atoms with Crippen molar-refractivity contribution >= 4 is 46.2 Å². The molecule has 1 fully saturated rings. The number of hydrogen-bond donors (Lipinski definition) is 0. The fourth-order valence-corrected chi connectivity index (χ4v) is 2.30. The molecule has 1 aliphatic heterocycles. The van der Waals surface area contributed by atoms with Crippen LogP contribution < -0.4 is 4.31 Å². The Bertz CT molecular complexity index is 482. The predicted molar refractivity (Wildman–Crippen MR) is 61.3 cm³/mol. The van der Waals surface area contributed by atoms with Gasteiger partial charge in [-0.15, -0.1) is 4.28 Å². The lowest BCUT2D eigenvalue weighted by Crippen LogP contribution is -2.29. The van der Waals surface area contributed by atoms with E-state index < -0.39 is 17.3 Å². The summed E-state index contributed by atoms with van der Waals surface area (Å²) >= 11 is 9.66. The summed E-state index contributed by atoms with van der Waals surface area (Å²) in [5, 5.41) is 1.52. The van der Waals surface area contributed by atoms with Gasteiger partial charge in [0.25, 0.3) is 11.3 Å². The van der Waals surface area contributed by atoms with Crippen molar-refractivity contribution in [3.8, 4) is 0 Å². The average Bonchev–Trinajstić information content (AvgIpc) is 2.47. The summed E-state index contributed by atoms with van der Waals surface area (Å²) in [5.74, 6) is 0. The summed E-state index contributed by atoms with van der Waals surface area (Å²) in [6.07, 6.45) is 0. The number of hydroxylamine groups is 2. The van der Waals surface area contributed by atoms with E-state index in [4.69, 9.17) is 27.5 Å². The highest BCUT2D eigenvalue weighted by atomic mass is 35.5. The number of urea groups is 1. The van der Waals surface area contributed by atoms with Crippen LogP contribution in [0.1, 0.15) is 0 Å². The van der Waals surface area contributed by atoms with Crippen LogP contribution >= 0.6 is 23.2 Å². The SMILES string of the molecule is CN1OS(=O)N(c2ccc(Cl)c(Cl)c2)C1=O. The molecule has 1 atom stereocenters. The Morgan fingerprint density at radius 1 is 1.31 bits per heavy atom. The number of carbonyl (C=O) groups is 1. The number of halogens is 2. The van der Waals surface area contributed by atoms with Crippen molar-refractivity contribution in [1.82, 2.24) is 5.06 Å². The third kappa shape index (κ3) is 1.89. The second-order valence-electron chi connectivity index (χ2n) is 2.96. The van der Waals surface area contributed by atoms with Crippen LogP contribution in [0.25, 0.3) is 0 Å². The molecule has 0 aliphatic carbocycles. The number of nitrogens with zero attached hydrogens (tertiary/aromatic N) is 2. The smallest absolute Gasteiger partial charge is 0.244 e. The lowest BCUT2D eigenvalue weighted by atomic mass is 10.3. The highest BCUT2D eigenvalue weighted by molar-refractivity contribution is 7.83. The Balaban J connectivity index is 2.41. The summed E-state index contributed by atoms with van der Waals surface area (Å²) in [5.41, 5.74) is 0.363. The molecule has 0 saturated carbocycles. The van der Waals surface area contributed by atoms with Crippen molar-refractivity contribution in [2.24, 2.45) is 0 Å². The van der Waals surface area contributed by atoms with Crippen molar-refractivity contribution in [3.05, 3.63) is 28.2 Å². The minimum Gasteiger partial charge on any atom is -0.244 e. The Labute approximate surface area is 104 Å². The molecule has 1 saturated heterocycles. The molecule has 16 heavy (non-hydrogen) atoms. The van der Waals surface area contributed by atoms with Crippen molar-refractivity contribution in [3.63, 3.8) is 0 Å². The fourth-order valence-electron chi connectivity index (χ4n) is 1.16. The van der Waals surface area contributed by atoms with Gasteiger partial charge in [-0.2, -0.15) is 9.37 Å². The fraction of sp³-hybridized carbons (Fsp3) is 0.125. The molecule has 1 aliphatic rings. The molecule has 2 amide bonds. The molecular weight excluding hydrogens is 275 g/mol. The molecule has 86 valence electrons. The van der Waals surface area contributed by atoms with Crippen LogP contribution in [0.5, 0.6) is 0 Å². The molecule has 0 bridgehead atoms. The first-order valence-corrected chi connectivity index (χ1v) is 5.92. The van der Waals surface area contributed by atoms with Gasteiger partial charge in [0, 0.05) is 7.05 Å². The van der Waals surface area contributed by atoms with Crippen molar-refractivity contribution < 1.29 is 13.3 Å². The number of carbonyl (C=O) groups excluding carboxylic acids is 1. The first kappa shape index (κ1) is 11.7. The minimum absolute atomic E-state index is 0.276. The van der Waals surface area contributed by atoms with Gasteiger partial charge in [-0.05, 0) is 18.2 Å². The summed E-state index contributed by atoms with van der Waals surface area (Å²) in [6, 6.07) is 3.97. The van der Waals surface area contributed by atoms with Crippen LogP contribution in [0.2, 0.25) is 10.0 Å². The van der Waals surface area contributed by atoms with Crippen molar-refractivity contribution in [2.45, 2.75) is 0 Å². The number of anilines is 1. The van der Waals surface area contributed by atoms with Gasteiger partial charge in [0.05, 0.1) is 15.7 Å². The van der Waals surface area contributed by atoms with Crippen molar-refractivity contribution in [1.29, 1.82) is 0 Å². The molecule has 1 aromatic carbocycles. The second kappa shape index (κ2) is 4.21. The maximum absolute atomic E-state index is 11.6. The first-order valence-electron chi connectivity index (χ1n) is 4.14. The Hall–Kier alpha value is -0.820. The molecule has 0 spiro atoms. The van der Waals surface area contributed by atoms with E-state index in [2.05, 4.69) is 0 Å². The number of rotatable bonds is 1. The van der Waals surface area contributed by atoms with Gasteiger partial charge < -0.3 is 0 Å². The van der Waals surface area contributed by atoms with Crippen LogP contribution in [0.3, 0.4) is 0 Å². The number of hydrogen-bond acceptors (Lipinski definition) is 3. The Kier molecular flexibility index (Phi) is 3.07. The van der Waals surface area contributed by atoms with Crippen molar-refractivity contribution in [2.75, 3.05) is 11.4 Å². The van der Waals surface area contributed by atoms with E-state index in [-0.39, 0.29) is 5.02 Å². The zero-order valence-corrected chi connectivity index (χ0v) is 10.3. The molecule has 0 radical (unpaired) electrons. The molecule has 8 heteroatoms. The standard InChI is InChI=1S/C8H6Cl2N2O3S/c1-11-8(13)12(16(14)15-11)5-2-3-6(9)7(10)4-5/h2-4H,1H3. The van der Waals surface area contributed by atoms with Crippen LogP contribution in [-0.2, 0) is 15.6 Å². The highest BCUT2D eigenvalue weighted by Gasteiger charge is 2.36. The molecule has 0 aromatic heterocycles. The number of benzene rings is 1. The highest BCUT2D eigenvalue weighted by Crippen LogP contribution is 2.30. The van der Waals surface area contributed by atoms with E-state index in [1.807, 2.05) is 0 Å². The van der Waals surface area contributed by atoms with Gasteiger partial charge in [0.15, 0.2) is 0 Å². The van der Waals surface area contributed by atoms with Gasteiger partial charge in [-0.25, -0.2) is 9.00 Å². The van der Waals surface area contributed by atoms with E-state index in [0.717, 1.165) is 9.37 Å². The lowest BCUT2D eigenvalue weighted by Gasteiger charge is -2.11. The number of amides is 2. The molecule has 5 nitrogen and oxygen atoms in total. The summed E-state index contributed by atoms with van der Waals surface area (Å²) in [6.45, 7) is 0. The lowest BCUT2D eigenvalue weighted by molar-refractivity contribution is 0.0485. The van der Waals surface area contributed by atoms with Gasteiger partial charge in [-0.1, -0.05) is 23.2 Å². The van der Waals surface area contributed by atoms with Gasteiger partial charge in [0.2, 0.25) is 0 Å². The summed E-state index contributed by atoms with van der Waals surface area (Å²) in [7, 11) is 1.37. The van der Waals surface area contributed by atoms with Crippen LogP contribution in [0.4, 0.5) is 10.5 Å².